The van der Waals surface area contributed by atoms with E-state index in [0.717, 1.165) is 22.5 Å². The third-order valence-corrected chi connectivity index (χ3v) is 7.27. The van der Waals surface area contributed by atoms with Crippen LogP contribution in [0.2, 0.25) is 0 Å². The number of nitrogens with zero attached hydrogens (tertiary/aromatic N) is 5. The fraction of sp³-hybridized carbons (Fsp3) is 0.579. The standard InChI is InChI=1S/C19H27N5O3S/c1-14-12-24(13-15(2)27-14)28(25,26)23-10-8-22(9-11-23)19-16(3)20-17-6-4-5-7-18(17)21-19/h4-7,14-15H,8-13H2,1-3H3. The summed E-state index contributed by atoms with van der Waals surface area (Å²) in [6.45, 7) is 8.67. The lowest BCUT2D eigenvalue weighted by molar-refractivity contribution is -0.0455. The number of aromatic nitrogens is 2. The number of hydrogen-bond acceptors (Lipinski definition) is 6. The maximum atomic E-state index is 13.1. The van der Waals surface area contributed by atoms with Crippen LogP contribution in [-0.2, 0) is 14.9 Å². The minimum absolute atomic E-state index is 0.0877. The molecule has 0 spiro atoms. The van der Waals surface area contributed by atoms with Crippen LogP contribution in [0.4, 0.5) is 5.82 Å². The number of ether oxygens (including phenoxy) is 1. The van der Waals surface area contributed by atoms with Crippen LogP contribution in [0.15, 0.2) is 24.3 Å². The van der Waals surface area contributed by atoms with Gasteiger partial charge < -0.3 is 9.64 Å². The van der Waals surface area contributed by atoms with Gasteiger partial charge in [0.05, 0.1) is 28.9 Å². The van der Waals surface area contributed by atoms with E-state index < -0.39 is 10.2 Å². The lowest BCUT2D eigenvalue weighted by atomic mass is 10.2. The molecule has 3 heterocycles. The first-order chi connectivity index (χ1) is 13.3. The number of hydrogen-bond donors (Lipinski definition) is 0. The molecule has 2 unspecified atom stereocenters. The van der Waals surface area contributed by atoms with E-state index in [1.165, 1.54) is 0 Å². The maximum Gasteiger partial charge on any atom is 0.282 e. The Balaban J connectivity index is 1.48. The zero-order chi connectivity index (χ0) is 19.9. The molecule has 0 saturated carbocycles. The van der Waals surface area contributed by atoms with Crippen molar-refractivity contribution in [2.75, 3.05) is 44.2 Å². The Labute approximate surface area is 166 Å². The number of morpholine rings is 1. The topological polar surface area (TPSA) is 78.9 Å². The molecule has 2 saturated heterocycles. The van der Waals surface area contributed by atoms with E-state index in [-0.39, 0.29) is 12.2 Å². The van der Waals surface area contributed by atoms with Crippen molar-refractivity contribution in [2.24, 2.45) is 0 Å². The first kappa shape index (κ1) is 19.5. The number of para-hydroxylation sites is 2. The molecule has 8 nitrogen and oxygen atoms in total. The molecule has 2 atom stereocenters. The Morgan fingerprint density at radius 2 is 1.50 bits per heavy atom. The fourth-order valence-electron chi connectivity index (χ4n) is 3.99. The maximum absolute atomic E-state index is 13.1. The quantitative estimate of drug-likeness (QED) is 0.768. The summed E-state index contributed by atoms with van der Waals surface area (Å²) >= 11 is 0. The van der Waals surface area contributed by atoms with Crippen LogP contribution in [0.5, 0.6) is 0 Å². The number of piperazine rings is 1. The van der Waals surface area contributed by atoms with Gasteiger partial charge in [0, 0.05) is 39.3 Å². The molecule has 2 aliphatic heterocycles. The van der Waals surface area contributed by atoms with Gasteiger partial charge in [-0.25, -0.2) is 9.97 Å². The van der Waals surface area contributed by atoms with Crippen molar-refractivity contribution in [3.8, 4) is 0 Å². The molecule has 1 aromatic heterocycles. The Bertz CT molecular complexity index is 949. The highest BCUT2D eigenvalue weighted by Gasteiger charge is 2.37. The van der Waals surface area contributed by atoms with Gasteiger partial charge in [-0.15, -0.1) is 0 Å². The molecule has 0 radical (unpaired) electrons. The van der Waals surface area contributed by atoms with Crippen LogP contribution in [-0.4, -0.2) is 78.5 Å². The number of fused-ring (bicyclic) bond motifs is 1. The summed E-state index contributed by atoms with van der Waals surface area (Å²) in [4.78, 5) is 11.5. The van der Waals surface area contributed by atoms with Gasteiger partial charge in [0.15, 0.2) is 5.82 Å². The van der Waals surface area contributed by atoms with Crippen LogP contribution < -0.4 is 4.90 Å². The SMILES string of the molecule is Cc1nc2ccccc2nc1N1CCN(S(=O)(=O)N2CC(C)OC(C)C2)CC1. The Morgan fingerprint density at radius 1 is 0.929 bits per heavy atom. The number of benzene rings is 1. The summed E-state index contributed by atoms with van der Waals surface area (Å²) in [5, 5.41) is 0. The summed E-state index contributed by atoms with van der Waals surface area (Å²) in [7, 11) is -3.48. The first-order valence-corrected chi connectivity index (χ1v) is 11.1. The second-order valence-electron chi connectivity index (χ2n) is 7.59. The fourth-order valence-corrected chi connectivity index (χ4v) is 5.74. The van der Waals surface area contributed by atoms with Crippen molar-refractivity contribution < 1.29 is 13.2 Å². The highest BCUT2D eigenvalue weighted by molar-refractivity contribution is 7.86. The molecule has 0 bridgehead atoms. The van der Waals surface area contributed by atoms with Gasteiger partial charge in [-0.2, -0.15) is 17.0 Å². The monoisotopic (exact) mass is 405 g/mol. The molecule has 152 valence electrons. The van der Waals surface area contributed by atoms with Crippen molar-refractivity contribution in [1.82, 2.24) is 18.6 Å². The molecule has 9 heteroatoms. The largest absolute Gasteiger partial charge is 0.373 e. The second kappa shape index (κ2) is 7.55. The number of aryl methyl sites for hydroxylation is 1. The Kier molecular flexibility index (Phi) is 5.26. The van der Waals surface area contributed by atoms with Crippen LogP contribution in [0.3, 0.4) is 0 Å². The summed E-state index contributed by atoms with van der Waals surface area (Å²) in [5.74, 6) is 0.837. The van der Waals surface area contributed by atoms with Gasteiger partial charge in [0.25, 0.3) is 10.2 Å². The van der Waals surface area contributed by atoms with Crippen molar-refractivity contribution in [3.05, 3.63) is 30.0 Å². The van der Waals surface area contributed by atoms with E-state index >= 15 is 0 Å². The third-order valence-electron chi connectivity index (χ3n) is 5.30. The van der Waals surface area contributed by atoms with E-state index in [1.807, 2.05) is 45.0 Å². The van der Waals surface area contributed by atoms with E-state index in [4.69, 9.17) is 9.72 Å². The van der Waals surface area contributed by atoms with E-state index in [0.29, 0.717) is 39.3 Å². The third kappa shape index (κ3) is 3.71. The number of rotatable bonds is 3. The minimum atomic E-state index is -3.48. The molecule has 4 rings (SSSR count). The van der Waals surface area contributed by atoms with Gasteiger partial charge in [-0.05, 0) is 32.9 Å². The molecule has 0 aliphatic carbocycles. The van der Waals surface area contributed by atoms with Crippen molar-refractivity contribution in [3.63, 3.8) is 0 Å². The van der Waals surface area contributed by atoms with Gasteiger partial charge in [0.1, 0.15) is 0 Å². The molecule has 2 aromatic rings. The van der Waals surface area contributed by atoms with Gasteiger partial charge in [-0.1, -0.05) is 12.1 Å². The molecule has 2 fully saturated rings. The molecule has 0 N–H and O–H groups in total. The van der Waals surface area contributed by atoms with Crippen LogP contribution in [0.25, 0.3) is 11.0 Å². The number of anilines is 1. The summed E-state index contributed by atoms with van der Waals surface area (Å²) in [6, 6.07) is 7.80. The average Bonchev–Trinajstić information content (AvgIpc) is 2.67. The Morgan fingerprint density at radius 3 is 2.11 bits per heavy atom. The zero-order valence-electron chi connectivity index (χ0n) is 16.6. The zero-order valence-corrected chi connectivity index (χ0v) is 17.4. The van der Waals surface area contributed by atoms with Crippen molar-refractivity contribution in [2.45, 2.75) is 33.0 Å². The molecule has 1 aromatic carbocycles. The highest BCUT2D eigenvalue weighted by atomic mass is 32.2. The van der Waals surface area contributed by atoms with Gasteiger partial charge in [-0.3, -0.25) is 0 Å². The van der Waals surface area contributed by atoms with Crippen LogP contribution >= 0.6 is 0 Å². The van der Waals surface area contributed by atoms with E-state index in [9.17, 15) is 8.42 Å². The predicted octanol–water partition coefficient (Wildman–Crippen LogP) is 1.41. The minimum Gasteiger partial charge on any atom is -0.373 e. The van der Waals surface area contributed by atoms with Crippen LogP contribution in [0.1, 0.15) is 19.5 Å². The van der Waals surface area contributed by atoms with Crippen molar-refractivity contribution >= 4 is 27.1 Å². The normalized spacial score (nSPS) is 25.3. The van der Waals surface area contributed by atoms with Crippen molar-refractivity contribution in [1.29, 1.82) is 0 Å². The summed E-state index contributed by atoms with van der Waals surface area (Å²) in [6.07, 6.45) is -0.175. The first-order valence-electron chi connectivity index (χ1n) is 9.73. The van der Waals surface area contributed by atoms with Crippen LogP contribution in [0, 0.1) is 6.92 Å². The summed E-state index contributed by atoms with van der Waals surface area (Å²) < 4.78 is 34.9. The highest BCUT2D eigenvalue weighted by Crippen LogP contribution is 2.23. The molecular formula is C19H27N5O3S. The van der Waals surface area contributed by atoms with E-state index in [1.54, 1.807) is 8.61 Å². The second-order valence-corrected chi connectivity index (χ2v) is 9.52. The molecular weight excluding hydrogens is 378 g/mol. The Hall–Kier alpha value is -1.81. The molecule has 28 heavy (non-hydrogen) atoms. The van der Waals surface area contributed by atoms with E-state index in [2.05, 4.69) is 9.88 Å². The smallest absolute Gasteiger partial charge is 0.282 e. The lowest BCUT2D eigenvalue weighted by Crippen LogP contribution is -2.57. The predicted molar refractivity (Wildman–Crippen MR) is 109 cm³/mol. The molecule has 2 aliphatic rings. The molecule has 0 amide bonds. The average molecular weight is 406 g/mol. The summed E-state index contributed by atoms with van der Waals surface area (Å²) in [5.41, 5.74) is 2.60. The van der Waals surface area contributed by atoms with Gasteiger partial charge >= 0.3 is 0 Å². The lowest BCUT2D eigenvalue weighted by Gasteiger charge is -2.40. The van der Waals surface area contributed by atoms with Gasteiger partial charge in [0.2, 0.25) is 0 Å².